The van der Waals surface area contributed by atoms with Crippen LogP contribution in [0.5, 0.6) is 0 Å². The van der Waals surface area contributed by atoms with Crippen LogP contribution >= 0.6 is 0 Å². The number of anilines is 1. The van der Waals surface area contributed by atoms with E-state index >= 15 is 0 Å². The molecule has 1 rings (SSSR count). The molecule has 0 aliphatic carbocycles. The average Bonchev–Trinajstić information content (AvgIpc) is 2.09. The summed E-state index contributed by atoms with van der Waals surface area (Å²) >= 11 is 0. The lowest BCUT2D eigenvalue weighted by atomic mass is 10.1. The maximum Gasteiger partial charge on any atom is 0.0507 e. The van der Waals surface area contributed by atoms with Gasteiger partial charge in [0.05, 0.1) is 6.61 Å². The van der Waals surface area contributed by atoms with Gasteiger partial charge in [-0.1, -0.05) is 18.2 Å². The Morgan fingerprint density at radius 2 is 2.08 bits per heavy atom. The highest BCUT2D eigenvalue weighted by Crippen LogP contribution is 2.10. The summed E-state index contributed by atoms with van der Waals surface area (Å²) in [5, 5.41) is 0. The van der Waals surface area contributed by atoms with Crippen LogP contribution in [0.15, 0.2) is 24.3 Å². The fourth-order valence-electron chi connectivity index (χ4n) is 1.09. The average molecular weight is 165 g/mol. The number of hydrogen-bond donors (Lipinski definition) is 1. The summed E-state index contributed by atoms with van der Waals surface area (Å²) in [5.41, 5.74) is 7.78. The lowest BCUT2D eigenvalue weighted by molar-refractivity contribution is 0.151. The number of nitrogen functional groups attached to an aromatic ring is 1. The van der Waals surface area contributed by atoms with E-state index in [1.807, 2.05) is 31.2 Å². The van der Waals surface area contributed by atoms with Gasteiger partial charge in [-0.15, -0.1) is 0 Å². The first-order valence-electron chi connectivity index (χ1n) is 4.25. The summed E-state index contributed by atoms with van der Waals surface area (Å²) in [6, 6.07) is 7.90. The van der Waals surface area contributed by atoms with Crippen molar-refractivity contribution in [3.8, 4) is 0 Å². The second-order valence-corrected chi connectivity index (χ2v) is 2.65. The second kappa shape index (κ2) is 4.78. The van der Waals surface area contributed by atoms with E-state index in [2.05, 4.69) is 0 Å². The van der Waals surface area contributed by atoms with E-state index in [1.165, 1.54) is 5.56 Å². The smallest absolute Gasteiger partial charge is 0.0507 e. The third-order valence-corrected chi connectivity index (χ3v) is 1.77. The van der Waals surface area contributed by atoms with Crippen LogP contribution < -0.4 is 5.73 Å². The lowest BCUT2D eigenvalue weighted by Crippen LogP contribution is -2.00. The van der Waals surface area contributed by atoms with Crippen molar-refractivity contribution in [1.82, 2.24) is 0 Å². The van der Waals surface area contributed by atoms with Crippen LogP contribution in [0, 0.1) is 0 Å². The monoisotopic (exact) mass is 165 g/mol. The van der Waals surface area contributed by atoms with E-state index in [0.29, 0.717) is 0 Å². The molecule has 0 amide bonds. The van der Waals surface area contributed by atoms with Crippen molar-refractivity contribution < 1.29 is 4.74 Å². The lowest BCUT2D eigenvalue weighted by Gasteiger charge is -2.04. The summed E-state index contributed by atoms with van der Waals surface area (Å²) in [5.74, 6) is 0. The van der Waals surface area contributed by atoms with Crippen LogP contribution in [0.3, 0.4) is 0 Å². The maximum atomic E-state index is 5.75. The molecule has 0 fully saturated rings. The van der Waals surface area contributed by atoms with Crippen LogP contribution in [0.1, 0.15) is 12.5 Å². The quantitative estimate of drug-likeness (QED) is 0.546. The van der Waals surface area contributed by atoms with Gasteiger partial charge in [0.15, 0.2) is 0 Å². The molecule has 0 aromatic heterocycles. The number of rotatable bonds is 4. The van der Waals surface area contributed by atoms with Crippen molar-refractivity contribution >= 4 is 5.69 Å². The Morgan fingerprint density at radius 3 is 2.75 bits per heavy atom. The molecule has 2 heteroatoms. The molecule has 0 spiro atoms. The molecule has 2 N–H and O–H groups in total. The first-order valence-corrected chi connectivity index (χ1v) is 4.25. The van der Waals surface area contributed by atoms with Crippen molar-refractivity contribution in [3.63, 3.8) is 0 Å². The van der Waals surface area contributed by atoms with E-state index in [1.54, 1.807) is 0 Å². The molecule has 0 saturated heterocycles. The van der Waals surface area contributed by atoms with Gasteiger partial charge < -0.3 is 10.5 Å². The Hall–Kier alpha value is -1.02. The van der Waals surface area contributed by atoms with E-state index < -0.39 is 0 Å². The molecule has 0 saturated carbocycles. The summed E-state index contributed by atoms with van der Waals surface area (Å²) in [6.07, 6.45) is 0.903. The van der Waals surface area contributed by atoms with Gasteiger partial charge >= 0.3 is 0 Å². The van der Waals surface area contributed by atoms with Gasteiger partial charge in [0.2, 0.25) is 0 Å². The van der Waals surface area contributed by atoms with Gasteiger partial charge in [-0.05, 0) is 25.0 Å². The van der Waals surface area contributed by atoms with Crippen LogP contribution in [0.2, 0.25) is 0 Å². The fourth-order valence-corrected chi connectivity index (χ4v) is 1.09. The predicted molar refractivity (Wildman–Crippen MR) is 51.1 cm³/mol. The van der Waals surface area contributed by atoms with Gasteiger partial charge in [0, 0.05) is 12.3 Å². The molecule has 0 heterocycles. The molecule has 0 atom stereocenters. The Balaban J connectivity index is 2.46. The standard InChI is InChI=1S/C10H15NO/c1-2-12-8-7-9-5-3-4-6-10(9)11/h3-6H,2,7-8,11H2,1H3. The summed E-state index contributed by atoms with van der Waals surface area (Å²) in [4.78, 5) is 0. The summed E-state index contributed by atoms with van der Waals surface area (Å²) in [6.45, 7) is 3.52. The third kappa shape index (κ3) is 2.55. The fraction of sp³-hybridized carbons (Fsp3) is 0.400. The zero-order valence-corrected chi connectivity index (χ0v) is 7.42. The van der Waals surface area contributed by atoms with Crippen LogP contribution in [0.4, 0.5) is 5.69 Å². The molecule has 0 aliphatic heterocycles. The molecule has 0 aliphatic rings. The predicted octanol–water partition coefficient (Wildman–Crippen LogP) is 1.85. The highest BCUT2D eigenvalue weighted by molar-refractivity contribution is 5.46. The Bertz CT molecular complexity index is 235. The maximum absolute atomic E-state index is 5.75. The van der Waals surface area contributed by atoms with Crippen LogP contribution in [-0.4, -0.2) is 13.2 Å². The van der Waals surface area contributed by atoms with E-state index in [0.717, 1.165) is 25.3 Å². The topological polar surface area (TPSA) is 35.2 Å². The van der Waals surface area contributed by atoms with Crippen molar-refractivity contribution in [3.05, 3.63) is 29.8 Å². The van der Waals surface area contributed by atoms with E-state index in [4.69, 9.17) is 10.5 Å². The molecule has 0 radical (unpaired) electrons. The molecule has 66 valence electrons. The van der Waals surface area contributed by atoms with E-state index in [-0.39, 0.29) is 0 Å². The van der Waals surface area contributed by atoms with Gasteiger partial charge in [-0.25, -0.2) is 0 Å². The van der Waals surface area contributed by atoms with Crippen molar-refractivity contribution in [2.24, 2.45) is 0 Å². The number of nitrogens with two attached hydrogens (primary N) is 1. The van der Waals surface area contributed by atoms with Crippen LogP contribution in [0.25, 0.3) is 0 Å². The molecule has 0 unspecified atom stereocenters. The summed E-state index contributed by atoms with van der Waals surface area (Å²) < 4.78 is 5.24. The van der Waals surface area contributed by atoms with Gasteiger partial charge in [-0.2, -0.15) is 0 Å². The normalized spacial score (nSPS) is 10.1. The van der Waals surface area contributed by atoms with Gasteiger partial charge in [0.25, 0.3) is 0 Å². The molecule has 0 bridgehead atoms. The number of benzene rings is 1. The minimum atomic E-state index is 0.755. The zero-order chi connectivity index (χ0) is 8.81. The zero-order valence-electron chi connectivity index (χ0n) is 7.42. The van der Waals surface area contributed by atoms with Crippen molar-refractivity contribution in [1.29, 1.82) is 0 Å². The molecule has 1 aromatic carbocycles. The van der Waals surface area contributed by atoms with Gasteiger partial charge in [-0.3, -0.25) is 0 Å². The Morgan fingerprint density at radius 1 is 1.33 bits per heavy atom. The van der Waals surface area contributed by atoms with Gasteiger partial charge in [0.1, 0.15) is 0 Å². The molecular weight excluding hydrogens is 150 g/mol. The first kappa shape index (κ1) is 9.07. The number of para-hydroxylation sites is 1. The molecule has 1 aromatic rings. The van der Waals surface area contributed by atoms with Crippen LogP contribution in [-0.2, 0) is 11.2 Å². The number of hydrogen-bond acceptors (Lipinski definition) is 2. The molecule has 2 nitrogen and oxygen atoms in total. The van der Waals surface area contributed by atoms with E-state index in [9.17, 15) is 0 Å². The Labute approximate surface area is 73.3 Å². The first-order chi connectivity index (χ1) is 5.84. The highest BCUT2D eigenvalue weighted by Gasteiger charge is 1.95. The largest absolute Gasteiger partial charge is 0.399 e. The minimum absolute atomic E-state index is 0.755. The second-order valence-electron chi connectivity index (χ2n) is 2.65. The highest BCUT2D eigenvalue weighted by atomic mass is 16.5. The van der Waals surface area contributed by atoms with Crippen molar-refractivity contribution in [2.45, 2.75) is 13.3 Å². The van der Waals surface area contributed by atoms with Crippen molar-refractivity contribution in [2.75, 3.05) is 18.9 Å². The SMILES string of the molecule is CCOCCc1ccccc1N. The molecule has 12 heavy (non-hydrogen) atoms. The number of ether oxygens (including phenoxy) is 1. The Kier molecular flexibility index (Phi) is 3.61. The third-order valence-electron chi connectivity index (χ3n) is 1.77. The molecular formula is C10H15NO. The summed E-state index contributed by atoms with van der Waals surface area (Å²) in [7, 11) is 0. The minimum Gasteiger partial charge on any atom is -0.399 e.